The van der Waals surface area contributed by atoms with E-state index in [4.69, 9.17) is 4.43 Å². The summed E-state index contributed by atoms with van der Waals surface area (Å²) in [5, 5.41) is 0.296. The summed E-state index contributed by atoms with van der Waals surface area (Å²) in [6.45, 7) is 11.8. The Morgan fingerprint density at radius 2 is 1.93 bits per heavy atom. The highest BCUT2D eigenvalue weighted by Crippen LogP contribution is 2.41. The van der Waals surface area contributed by atoms with Gasteiger partial charge in [0.15, 0.2) is 8.32 Å². The molecule has 0 N–H and O–H groups in total. The predicted molar refractivity (Wildman–Crippen MR) is 63.1 cm³/mol. The molecule has 0 saturated heterocycles. The van der Waals surface area contributed by atoms with E-state index in [0.717, 1.165) is 6.29 Å². The average molecular weight is 216 g/mol. The van der Waals surface area contributed by atoms with Crippen molar-refractivity contribution >= 4 is 14.6 Å². The Morgan fingerprint density at radius 1 is 1.36 bits per heavy atom. The molecule has 2 nitrogen and oxygen atoms in total. The van der Waals surface area contributed by atoms with E-state index >= 15 is 0 Å². The summed E-state index contributed by atoms with van der Waals surface area (Å²) >= 11 is 0. The Kier molecular flexibility index (Phi) is 5.60. The molecule has 0 spiro atoms. The number of rotatable bonds is 7. The lowest BCUT2D eigenvalue weighted by atomic mass is 10.1. The summed E-state index contributed by atoms with van der Waals surface area (Å²) in [6, 6.07) is 0. The third-order valence-electron chi connectivity index (χ3n) is 3.20. The normalized spacial score (nSPS) is 12.9. The summed E-state index contributed by atoms with van der Waals surface area (Å²) in [5.74, 6) is 0. The second kappa shape index (κ2) is 5.66. The molecule has 0 saturated carbocycles. The van der Waals surface area contributed by atoms with Crippen LogP contribution in [-0.4, -0.2) is 21.2 Å². The minimum absolute atomic E-state index is 0.296. The van der Waals surface area contributed by atoms with Gasteiger partial charge in [-0.15, -0.1) is 0 Å². The van der Waals surface area contributed by atoms with Crippen LogP contribution in [0.5, 0.6) is 0 Å². The van der Waals surface area contributed by atoms with Crippen LogP contribution in [0.1, 0.15) is 40.0 Å². The Labute approximate surface area is 89.2 Å². The average Bonchev–Trinajstić information content (AvgIpc) is 2.04. The molecule has 0 aliphatic carbocycles. The zero-order chi connectivity index (χ0) is 11.2. The predicted octanol–water partition coefficient (Wildman–Crippen LogP) is 3.38. The highest BCUT2D eigenvalue weighted by atomic mass is 28.4. The van der Waals surface area contributed by atoms with Crippen molar-refractivity contribution in [2.75, 3.05) is 6.61 Å². The molecule has 0 rings (SSSR count). The topological polar surface area (TPSA) is 26.3 Å². The Hall–Kier alpha value is -0.153. The zero-order valence-electron chi connectivity index (χ0n) is 10.2. The van der Waals surface area contributed by atoms with Crippen LogP contribution in [0.4, 0.5) is 0 Å². The minimum atomic E-state index is -1.65. The molecule has 0 amide bonds. The molecule has 0 fully saturated rings. The van der Waals surface area contributed by atoms with E-state index in [0.29, 0.717) is 18.1 Å². The van der Waals surface area contributed by atoms with Gasteiger partial charge in [-0.05, 0) is 24.6 Å². The number of hydrogen-bond donors (Lipinski definition) is 0. The summed E-state index contributed by atoms with van der Waals surface area (Å²) in [6.07, 6.45) is 3.85. The van der Waals surface area contributed by atoms with Gasteiger partial charge in [0, 0.05) is 13.0 Å². The molecule has 14 heavy (non-hydrogen) atoms. The summed E-state index contributed by atoms with van der Waals surface area (Å²) < 4.78 is 5.89. The number of hydrogen-bond acceptors (Lipinski definition) is 2. The first-order valence-electron chi connectivity index (χ1n) is 5.45. The Balaban J connectivity index is 4.19. The Bertz CT molecular complexity index is 176. The number of aldehydes is 1. The maximum atomic E-state index is 10.2. The second-order valence-corrected chi connectivity index (χ2v) is 9.61. The van der Waals surface area contributed by atoms with E-state index in [2.05, 4.69) is 33.9 Å². The van der Waals surface area contributed by atoms with E-state index in [9.17, 15) is 4.79 Å². The van der Waals surface area contributed by atoms with Crippen molar-refractivity contribution in [3.8, 4) is 0 Å². The van der Waals surface area contributed by atoms with Crippen molar-refractivity contribution in [3.63, 3.8) is 0 Å². The van der Waals surface area contributed by atoms with Gasteiger partial charge in [0.05, 0.1) is 0 Å². The fourth-order valence-corrected chi connectivity index (χ4v) is 3.35. The molecular weight excluding hydrogens is 192 g/mol. The molecule has 84 valence electrons. The fourth-order valence-electron chi connectivity index (χ4n) is 1.48. The van der Waals surface area contributed by atoms with Gasteiger partial charge in [-0.25, -0.2) is 0 Å². The van der Waals surface area contributed by atoms with Crippen LogP contribution >= 0.6 is 0 Å². The van der Waals surface area contributed by atoms with Gasteiger partial charge in [0.2, 0.25) is 0 Å². The molecule has 0 aliphatic rings. The van der Waals surface area contributed by atoms with Crippen molar-refractivity contribution in [1.29, 1.82) is 0 Å². The van der Waals surface area contributed by atoms with Gasteiger partial charge < -0.3 is 9.22 Å². The first-order chi connectivity index (χ1) is 6.37. The van der Waals surface area contributed by atoms with E-state index in [1.165, 1.54) is 12.8 Å². The monoisotopic (exact) mass is 216 g/mol. The highest BCUT2D eigenvalue weighted by molar-refractivity contribution is 6.74. The van der Waals surface area contributed by atoms with E-state index in [1.807, 2.05) is 0 Å². The van der Waals surface area contributed by atoms with Crippen LogP contribution in [0.25, 0.3) is 0 Å². The molecular formula is C11H24O2Si. The van der Waals surface area contributed by atoms with Crippen LogP contribution < -0.4 is 0 Å². The Morgan fingerprint density at radius 3 is 2.36 bits per heavy atom. The maximum absolute atomic E-state index is 10.2. The molecule has 3 heteroatoms. The molecule has 0 aromatic heterocycles. The van der Waals surface area contributed by atoms with E-state index in [1.54, 1.807) is 0 Å². The second-order valence-electron chi connectivity index (χ2n) is 4.95. The lowest BCUT2D eigenvalue weighted by Crippen LogP contribution is -2.42. The summed E-state index contributed by atoms with van der Waals surface area (Å²) in [5.41, 5.74) is 0. The first kappa shape index (κ1) is 13.8. The van der Waals surface area contributed by atoms with Crippen LogP contribution in [0.2, 0.25) is 18.1 Å². The largest absolute Gasteiger partial charge is 0.416 e. The third-order valence-corrected chi connectivity index (χ3v) is 7.64. The zero-order valence-corrected chi connectivity index (χ0v) is 11.2. The van der Waals surface area contributed by atoms with Gasteiger partial charge in [-0.3, -0.25) is 0 Å². The van der Waals surface area contributed by atoms with Crippen LogP contribution in [0.3, 0.4) is 0 Å². The van der Waals surface area contributed by atoms with Crippen LogP contribution in [0.15, 0.2) is 0 Å². The smallest absolute Gasteiger partial charge is 0.192 e. The minimum Gasteiger partial charge on any atom is -0.416 e. The standard InChI is InChI=1S/C11H24O2Si/c1-6-8-11(2,3)14(4,5)13-10-7-9-12/h9H,6-8,10H2,1-5H3. The summed E-state index contributed by atoms with van der Waals surface area (Å²) in [4.78, 5) is 10.2. The van der Waals surface area contributed by atoms with Crippen LogP contribution in [0, 0.1) is 0 Å². The van der Waals surface area contributed by atoms with Gasteiger partial charge in [0.1, 0.15) is 6.29 Å². The number of carbonyl (C=O) groups excluding carboxylic acids is 1. The van der Waals surface area contributed by atoms with Crippen molar-refractivity contribution in [2.24, 2.45) is 0 Å². The molecule has 0 radical (unpaired) electrons. The van der Waals surface area contributed by atoms with Gasteiger partial charge in [0.25, 0.3) is 0 Å². The molecule has 0 heterocycles. The van der Waals surface area contributed by atoms with Crippen molar-refractivity contribution in [2.45, 2.75) is 58.2 Å². The maximum Gasteiger partial charge on any atom is 0.192 e. The van der Waals surface area contributed by atoms with Crippen molar-refractivity contribution in [3.05, 3.63) is 0 Å². The molecule has 0 unspecified atom stereocenters. The lowest BCUT2D eigenvalue weighted by molar-refractivity contribution is -0.108. The fraction of sp³-hybridized carbons (Fsp3) is 0.909. The SMILES string of the molecule is CCCC(C)(C)[Si](C)(C)OCCC=O. The van der Waals surface area contributed by atoms with E-state index in [-0.39, 0.29) is 0 Å². The van der Waals surface area contributed by atoms with Gasteiger partial charge >= 0.3 is 0 Å². The van der Waals surface area contributed by atoms with Gasteiger partial charge in [-0.1, -0.05) is 27.2 Å². The molecule has 0 bridgehead atoms. The van der Waals surface area contributed by atoms with Gasteiger partial charge in [-0.2, -0.15) is 0 Å². The quantitative estimate of drug-likeness (QED) is 0.370. The van der Waals surface area contributed by atoms with E-state index < -0.39 is 8.32 Å². The molecule has 0 aliphatic heterocycles. The summed E-state index contributed by atoms with van der Waals surface area (Å²) in [7, 11) is -1.65. The third kappa shape index (κ3) is 3.92. The molecule has 0 atom stereocenters. The molecule has 0 aromatic rings. The van der Waals surface area contributed by atoms with Crippen LogP contribution in [-0.2, 0) is 9.22 Å². The number of carbonyl (C=O) groups is 1. The van der Waals surface area contributed by atoms with Crippen molar-refractivity contribution < 1.29 is 9.22 Å². The first-order valence-corrected chi connectivity index (χ1v) is 8.36. The van der Waals surface area contributed by atoms with Crippen molar-refractivity contribution in [1.82, 2.24) is 0 Å². The highest BCUT2D eigenvalue weighted by Gasteiger charge is 2.39. The lowest BCUT2D eigenvalue weighted by Gasteiger charge is -2.39. The molecule has 0 aromatic carbocycles.